The highest BCUT2D eigenvalue weighted by atomic mass is 79.9. The smallest absolute Gasteiger partial charge is 0.137 e. The van der Waals surface area contributed by atoms with Gasteiger partial charge >= 0.3 is 0 Å². The summed E-state index contributed by atoms with van der Waals surface area (Å²) in [6, 6.07) is 16.2. The van der Waals surface area contributed by atoms with Crippen molar-refractivity contribution in [3.63, 3.8) is 0 Å². The van der Waals surface area contributed by atoms with Gasteiger partial charge in [0.1, 0.15) is 5.75 Å². The maximum Gasteiger partial charge on any atom is 0.137 e. The molecule has 0 aromatic heterocycles. The van der Waals surface area contributed by atoms with Gasteiger partial charge in [-0.25, -0.2) is 0 Å². The van der Waals surface area contributed by atoms with E-state index in [0.29, 0.717) is 17.5 Å². The molecule has 2 aromatic carbocycles. The van der Waals surface area contributed by atoms with E-state index in [9.17, 15) is 0 Å². The first-order chi connectivity index (χ1) is 9.74. The molecule has 0 radical (unpaired) electrons. The van der Waals surface area contributed by atoms with Crippen molar-refractivity contribution in [1.29, 1.82) is 0 Å². The molecule has 0 aliphatic heterocycles. The zero-order chi connectivity index (χ0) is 14.4. The van der Waals surface area contributed by atoms with Gasteiger partial charge < -0.3 is 4.74 Å². The predicted molar refractivity (Wildman–Crippen MR) is 90.0 cm³/mol. The Hall–Kier alpha value is -0.990. The zero-order valence-corrected chi connectivity index (χ0v) is 13.8. The summed E-state index contributed by atoms with van der Waals surface area (Å²) in [7, 11) is 0. The molecule has 0 aliphatic carbocycles. The van der Waals surface area contributed by atoms with Crippen molar-refractivity contribution in [2.75, 3.05) is 11.9 Å². The Balaban J connectivity index is 2.10. The molecule has 3 heteroatoms. The lowest BCUT2D eigenvalue weighted by Gasteiger charge is -2.14. The van der Waals surface area contributed by atoms with E-state index in [-0.39, 0.29) is 0 Å². The second-order valence-electron chi connectivity index (χ2n) is 4.75. The number of rotatable bonds is 6. The molecule has 0 aliphatic rings. The van der Waals surface area contributed by atoms with Gasteiger partial charge in [-0.05, 0) is 29.7 Å². The Morgan fingerprint density at radius 1 is 1.10 bits per heavy atom. The number of ether oxygens (including phenoxy) is 1. The summed E-state index contributed by atoms with van der Waals surface area (Å²) in [5.74, 6) is 1.27. The Bertz CT molecular complexity index is 538. The highest BCUT2D eigenvalue weighted by molar-refractivity contribution is 9.09. The van der Waals surface area contributed by atoms with Crippen LogP contribution in [0.15, 0.2) is 48.5 Å². The largest absolute Gasteiger partial charge is 0.492 e. The highest BCUT2D eigenvalue weighted by Gasteiger charge is 2.08. The number of halogens is 2. The molecule has 1 atom stereocenters. The Morgan fingerprint density at radius 2 is 1.85 bits per heavy atom. The summed E-state index contributed by atoms with van der Waals surface area (Å²) >= 11 is 9.81. The molecule has 20 heavy (non-hydrogen) atoms. The summed E-state index contributed by atoms with van der Waals surface area (Å²) in [4.78, 5) is 0. The maximum atomic E-state index is 6.31. The molecule has 0 saturated carbocycles. The van der Waals surface area contributed by atoms with Gasteiger partial charge in [0.2, 0.25) is 0 Å². The number of alkyl halides is 1. The average Bonchev–Trinajstić information content (AvgIpc) is 2.50. The Kier molecular flexibility index (Phi) is 5.93. The summed E-state index contributed by atoms with van der Waals surface area (Å²) in [6.07, 6.45) is 1.09. The molecule has 0 N–H and O–H groups in total. The van der Waals surface area contributed by atoms with Crippen molar-refractivity contribution >= 4 is 27.5 Å². The van der Waals surface area contributed by atoms with E-state index in [1.165, 1.54) is 0 Å². The van der Waals surface area contributed by atoms with Gasteiger partial charge in [0.15, 0.2) is 0 Å². The second-order valence-corrected chi connectivity index (χ2v) is 5.81. The van der Waals surface area contributed by atoms with Crippen molar-refractivity contribution in [3.8, 4) is 16.9 Å². The van der Waals surface area contributed by atoms with Crippen LogP contribution in [0.1, 0.15) is 13.3 Å². The maximum absolute atomic E-state index is 6.31. The lowest BCUT2D eigenvalue weighted by molar-refractivity contribution is 0.260. The molecule has 0 saturated heterocycles. The van der Waals surface area contributed by atoms with Crippen LogP contribution in [0.3, 0.4) is 0 Å². The molecular formula is C17H18BrClO. The van der Waals surface area contributed by atoms with E-state index in [1.54, 1.807) is 0 Å². The molecule has 0 spiro atoms. The quantitative estimate of drug-likeness (QED) is 0.596. The fraction of sp³-hybridized carbons (Fsp3) is 0.294. The predicted octanol–water partition coefficient (Wildman–Crippen LogP) is 5.81. The molecule has 0 heterocycles. The topological polar surface area (TPSA) is 9.23 Å². The monoisotopic (exact) mass is 352 g/mol. The Morgan fingerprint density at radius 3 is 2.45 bits per heavy atom. The van der Waals surface area contributed by atoms with Gasteiger partial charge in [-0.15, -0.1) is 0 Å². The minimum Gasteiger partial charge on any atom is -0.492 e. The van der Waals surface area contributed by atoms with E-state index < -0.39 is 0 Å². The van der Waals surface area contributed by atoms with Gasteiger partial charge in [0.25, 0.3) is 0 Å². The van der Waals surface area contributed by atoms with Crippen LogP contribution in [-0.4, -0.2) is 11.9 Å². The summed E-state index contributed by atoms with van der Waals surface area (Å²) in [5, 5.41) is 1.61. The SMILES string of the molecule is CCC(CBr)COc1ccc(-c2ccccc2)cc1Cl. The van der Waals surface area contributed by atoms with Crippen LogP contribution in [0.4, 0.5) is 0 Å². The molecule has 0 amide bonds. The van der Waals surface area contributed by atoms with Crippen LogP contribution in [0.2, 0.25) is 5.02 Å². The molecular weight excluding hydrogens is 336 g/mol. The molecule has 1 nitrogen and oxygen atoms in total. The lowest BCUT2D eigenvalue weighted by Crippen LogP contribution is -2.12. The standard InChI is InChI=1S/C17H18BrClO/c1-2-13(11-18)12-20-17-9-8-15(10-16(17)19)14-6-4-3-5-7-14/h3-10,13H,2,11-12H2,1H3. The van der Waals surface area contributed by atoms with Crippen LogP contribution in [0, 0.1) is 5.92 Å². The first-order valence-electron chi connectivity index (χ1n) is 6.78. The number of hydrogen-bond acceptors (Lipinski definition) is 1. The van der Waals surface area contributed by atoms with Crippen LogP contribution in [0.25, 0.3) is 11.1 Å². The van der Waals surface area contributed by atoms with Gasteiger partial charge in [-0.3, -0.25) is 0 Å². The van der Waals surface area contributed by atoms with Gasteiger partial charge in [-0.1, -0.05) is 70.9 Å². The van der Waals surface area contributed by atoms with E-state index in [1.807, 2.05) is 36.4 Å². The third-order valence-electron chi connectivity index (χ3n) is 3.31. The van der Waals surface area contributed by atoms with Gasteiger partial charge in [-0.2, -0.15) is 0 Å². The van der Waals surface area contributed by atoms with Crippen LogP contribution < -0.4 is 4.74 Å². The number of hydrogen-bond donors (Lipinski definition) is 0. The normalized spacial score (nSPS) is 12.2. The molecule has 0 fully saturated rings. The van der Waals surface area contributed by atoms with Crippen molar-refractivity contribution in [2.45, 2.75) is 13.3 Å². The average molecular weight is 354 g/mol. The van der Waals surface area contributed by atoms with Crippen molar-refractivity contribution in [1.82, 2.24) is 0 Å². The third kappa shape index (κ3) is 4.00. The van der Waals surface area contributed by atoms with Crippen molar-refractivity contribution in [2.24, 2.45) is 5.92 Å². The summed E-state index contributed by atoms with van der Waals surface area (Å²) < 4.78 is 5.81. The molecule has 2 rings (SSSR count). The second kappa shape index (κ2) is 7.70. The molecule has 106 valence electrons. The summed E-state index contributed by atoms with van der Waals surface area (Å²) in [6.45, 7) is 2.85. The Labute approximate surface area is 134 Å². The van der Waals surface area contributed by atoms with E-state index >= 15 is 0 Å². The summed E-state index contributed by atoms with van der Waals surface area (Å²) in [5.41, 5.74) is 2.27. The van der Waals surface area contributed by atoms with Gasteiger partial charge in [0, 0.05) is 11.2 Å². The minimum atomic E-state index is 0.514. The molecule has 1 unspecified atom stereocenters. The first-order valence-corrected chi connectivity index (χ1v) is 8.28. The lowest BCUT2D eigenvalue weighted by atomic mass is 10.1. The van der Waals surface area contributed by atoms with Crippen LogP contribution in [-0.2, 0) is 0 Å². The van der Waals surface area contributed by atoms with Crippen LogP contribution in [0.5, 0.6) is 5.75 Å². The van der Waals surface area contributed by atoms with E-state index in [0.717, 1.165) is 28.6 Å². The highest BCUT2D eigenvalue weighted by Crippen LogP contribution is 2.30. The minimum absolute atomic E-state index is 0.514. The van der Waals surface area contributed by atoms with E-state index in [2.05, 4.69) is 35.0 Å². The molecule has 0 bridgehead atoms. The van der Waals surface area contributed by atoms with Gasteiger partial charge in [0.05, 0.1) is 11.6 Å². The van der Waals surface area contributed by atoms with Crippen molar-refractivity contribution < 1.29 is 4.74 Å². The number of benzene rings is 2. The fourth-order valence-corrected chi connectivity index (χ4v) is 2.79. The zero-order valence-electron chi connectivity index (χ0n) is 11.5. The third-order valence-corrected chi connectivity index (χ3v) is 4.52. The van der Waals surface area contributed by atoms with Crippen LogP contribution >= 0.6 is 27.5 Å². The van der Waals surface area contributed by atoms with E-state index in [4.69, 9.17) is 16.3 Å². The fourth-order valence-electron chi connectivity index (χ4n) is 1.91. The van der Waals surface area contributed by atoms with Crippen molar-refractivity contribution in [3.05, 3.63) is 53.6 Å². The first kappa shape index (κ1) is 15.4. The molecule has 2 aromatic rings.